The van der Waals surface area contributed by atoms with Gasteiger partial charge >= 0.3 is 0 Å². The molecule has 4 rings (SSSR count). The Balaban J connectivity index is 1.56. The molecule has 27 heavy (non-hydrogen) atoms. The summed E-state index contributed by atoms with van der Waals surface area (Å²) >= 11 is 0. The average molecular weight is 360 g/mol. The third-order valence-electron chi connectivity index (χ3n) is 4.46. The van der Waals surface area contributed by atoms with Gasteiger partial charge in [0, 0.05) is 11.1 Å². The fraction of sp³-hybridized carbons (Fsp3) is 0.0909. The summed E-state index contributed by atoms with van der Waals surface area (Å²) in [5.74, 6) is -0.966. The molecule has 0 saturated heterocycles. The lowest BCUT2D eigenvalue weighted by Crippen LogP contribution is -2.27. The van der Waals surface area contributed by atoms with Gasteiger partial charge in [0.2, 0.25) is 6.10 Å². The van der Waals surface area contributed by atoms with E-state index in [1.54, 1.807) is 19.1 Å². The Hall–Kier alpha value is -3.47. The topological polar surface area (TPSA) is 50.7 Å². The van der Waals surface area contributed by atoms with Crippen LogP contribution >= 0.6 is 0 Å². The van der Waals surface area contributed by atoms with Crippen LogP contribution in [0.3, 0.4) is 0 Å². The summed E-state index contributed by atoms with van der Waals surface area (Å²) in [4.78, 5) is 17.8. The van der Waals surface area contributed by atoms with Gasteiger partial charge in [-0.3, -0.25) is 4.79 Å². The largest absolute Gasteiger partial charge is 0.382 e. The summed E-state index contributed by atoms with van der Waals surface area (Å²) in [6.07, 6.45) is -0.878. The SMILES string of the molecule is C[C@@H](ON=C1c2ccccc2-c2ccccc21)C(=O)Nc1ccccc1F. The van der Waals surface area contributed by atoms with Gasteiger partial charge < -0.3 is 10.2 Å². The van der Waals surface area contributed by atoms with Gasteiger partial charge in [-0.05, 0) is 30.2 Å². The van der Waals surface area contributed by atoms with Crippen LogP contribution < -0.4 is 5.32 Å². The predicted molar refractivity (Wildman–Crippen MR) is 103 cm³/mol. The molecule has 1 atom stereocenters. The van der Waals surface area contributed by atoms with Crippen molar-refractivity contribution in [3.63, 3.8) is 0 Å². The molecule has 134 valence electrons. The first-order chi connectivity index (χ1) is 13.1. The average Bonchev–Trinajstić information content (AvgIpc) is 3.02. The van der Waals surface area contributed by atoms with Crippen molar-refractivity contribution in [2.75, 3.05) is 5.32 Å². The summed E-state index contributed by atoms with van der Waals surface area (Å²) in [6, 6.07) is 21.8. The third-order valence-corrected chi connectivity index (χ3v) is 4.46. The van der Waals surface area contributed by atoms with Crippen LogP contribution in [0.2, 0.25) is 0 Å². The summed E-state index contributed by atoms with van der Waals surface area (Å²) in [5, 5.41) is 6.77. The number of nitrogens with zero attached hydrogens (tertiary/aromatic N) is 1. The number of halogens is 1. The molecule has 1 amide bonds. The standard InChI is InChI=1S/C22H17FN2O2/c1-14(22(26)24-20-13-7-6-12-19(20)23)27-25-21-17-10-4-2-8-15(17)16-9-3-5-11-18(16)21/h2-14H,1H3,(H,24,26)/t14-/m1/s1. The number of para-hydroxylation sites is 1. The number of oxime groups is 1. The molecule has 1 N–H and O–H groups in total. The van der Waals surface area contributed by atoms with E-state index in [1.165, 1.54) is 12.1 Å². The number of hydrogen-bond donors (Lipinski definition) is 1. The number of anilines is 1. The van der Waals surface area contributed by atoms with Crippen molar-refractivity contribution < 1.29 is 14.0 Å². The van der Waals surface area contributed by atoms with Crippen LogP contribution in [0, 0.1) is 5.82 Å². The highest BCUT2D eigenvalue weighted by atomic mass is 19.1. The van der Waals surface area contributed by atoms with E-state index in [1.807, 2.05) is 48.5 Å². The van der Waals surface area contributed by atoms with Gasteiger partial charge in [-0.2, -0.15) is 0 Å². The number of amides is 1. The van der Waals surface area contributed by atoms with Gasteiger partial charge in [-0.1, -0.05) is 65.8 Å². The van der Waals surface area contributed by atoms with E-state index in [0.717, 1.165) is 22.3 Å². The molecule has 1 aliphatic rings. The Morgan fingerprint density at radius 1 is 0.889 bits per heavy atom. The van der Waals surface area contributed by atoms with Crippen molar-refractivity contribution >= 4 is 17.3 Å². The lowest BCUT2D eigenvalue weighted by molar-refractivity contribution is -0.126. The number of hydrogen-bond acceptors (Lipinski definition) is 3. The van der Waals surface area contributed by atoms with Gasteiger partial charge in [0.05, 0.1) is 5.69 Å². The van der Waals surface area contributed by atoms with E-state index in [9.17, 15) is 9.18 Å². The van der Waals surface area contributed by atoms with Gasteiger partial charge in [-0.15, -0.1) is 0 Å². The molecule has 1 aliphatic carbocycles. The molecule has 0 unspecified atom stereocenters. The first kappa shape index (κ1) is 17.0. The van der Waals surface area contributed by atoms with Crippen LogP contribution in [0.15, 0.2) is 78.0 Å². The van der Waals surface area contributed by atoms with Gasteiger partial charge in [0.25, 0.3) is 5.91 Å². The number of carbonyl (C=O) groups excluding carboxylic acids is 1. The van der Waals surface area contributed by atoms with Crippen LogP contribution in [-0.2, 0) is 9.63 Å². The minimum atomic E-state index is -0.878. The van der Waals surface area contributed by atoms with Crippen molar-refractivity contribution in [2.24, 2.45) is 5.16 Å². The smallest absolute Gasteiger partial charge is 0.268 e. The summed E-state index contributed by atoms with van der Waals surface area (Å²) in [7, 11) is 0. The van der Waals surface area contributed by atoms with E-state index < -0.39 is 17.8 Å². The maximum Gasteiger partial charge on any atom is 0.268 e. The first-order valence-corrected chi connectivity index (χ1v) is 8.63. The fourth-order valence-electron chi connectivity index (χ4n) is 3.07. The molecule has 0 fully saturated rings. The number of rotatable bonds is 4. The summed E-state index contributed by atoms with van der Waals surface area (Å²) in [5.41, 5.74) is 4.88. The molecular formula is C22H17FN2O2. The number of nitrogens with one attached hydrogen (secondary N) is 1. The fourth-order valence-corrected chi connectivity index (χ4v) is 3.07. The van der Waals surface area contributed by atoms with E-state index in [0.29, 0.717) is 5.71 Å². The maximum atomic E-state index is 13.7. The molecule has 3 aromatic rings. The minimum absolute atomic E-state index is 0.113. The Labute approximate surface area is 156 Å². The van der Waals surface area contributed by atoms with Crippen molar-refractivity contribution in [3.05, 3.63) is 89.7 Å². The molecule has 0 radical (unpaired) electrons. The van der Waals surface area contributed by atoms with Gasteiger partial charge in [0.1, 0.15) is 11.5 Å². The Morgan fingerprint density at radius 3 is 2.00 bits per heavy atom. The molecule has 0 aromatic heterocycles. The van der Waals surface area contributed by atoms with Crippen LogP contribution in [0.1, 0.15) is 18.1 Å². The molecule has 0 heterocycles. The summed E-state index contributed by atoms with van der Waals surface area (Å²) in [6.45, 7) is 1.58. The molecule has 3 aromatic carbocycles. The zero-order valence-electron chi connectivity index (χ0n) is 14.6. The molecule has 4 nitrogen and oxygen atoms in total. The van der Waals surface area contributed by atoms with E-state index in [-0.39, 0.29) is 5.69 Å². The zero-order chi connectivity index (χ0) is 18.8. The Bertz CT molecular complexity index is 998. The molecule has 0 spiro atoms. The van der Waals surface area contributed by atoms with Crippen molar-refractivity contribution in [1.29, 1.82) is 0 Å². The number of benzene rings is 3. The third kappa shape index (κ3) is 3.19. The summed E-state index contributed by atoms with van der Waals surface area (Å²) < 4.78 is 13.7. The highest BCUT2D eigenvalue weighted by molar-refractivity contribution is 6.24. The van der Waals surface area contributed by atoms with Crippen molar-refractivity contribution in [1.82, 2.24) is 0 Å². The van der Waals surface area contributed by atoms with Crippen LogP contribution in [0.5, 0.6) is 0 Å². The molecule has 5 heteroatoms. The van der Waals surface area contributed by atoms with Crippen molar-refractivity contribution in [2.45, 2.75) is 13.0 Å². The normalized spacial score (nSPS) is 12.7. The van der Waals surface area contributed by atoms with E-state index in [2.05, 4.69) is 10.5 Å². The molecular weight excluding hydrogens is 343 g/mol. The van der Waals surface area contributed by atoms with Gasteiger partial charge in [0.15, 0.2) is 0 Å². The van der Waals surface area contributed by atoms with Crippen LogP contribution in [0.4, 0.5) is 10.1 Å². The monoisotopic (exact) mass is 360 g/mol. The second kappa shape index (κ2) is 7.03. The second-order valence-electron chi connectivity index (χ2n) is 6.25. The van der Waals surface area contributed by atoms with Crippen LogP contribution in [0.25, 0.3) is 11.1 Å². The number of carbonyl (C=O) groups is 1. The first-order valence-electron chi connectivity index (χ1n) is 8.63. The van der Waals surface area contributed by atoms with Crippen molar-refractivity contribution in [3.8, 4) is 11.1 Å². The second-order valence-corrected chi connectivity index (χ2v) is 6.25. The van der Waals surface area contributed by atoms with Crippen LogP contribution in [-0.4, -0.2) is 17.7 Å². The Morgan fingerprint density at radius 2 is 1.41 bits per heavy atom. The minimum Gasteiger partial charge on any atom is -0.382 e. The maximum absolute atomic E-state index is 13.7. The molecule has 0 aliphatic heterocycles. The highest BCUT2D eigenvalue weighted by Crippen LogP contribution is 2.36. The predicted octanol–water partition coefficient (Wildman–Crippen LogP) is 4.60. The van der Waals surface area contributed by atoms with Gasteiger partial charge in [-0.25, -0.2) is 4.39 Å². The molecule has 0 bridgehead atoms. The highest BCUT2D eigenvalue weighted by Gasteiger charge is 2.25. The van der Waals surface area contributed by atoms with E-state index in [4.69, 9.17) is 4.84 Å². The number of fused-ring (bicyclic) bond motifs is 3. The zero-order valence-corrected chi connectivity index (χ0v) is 14.6. The Kier molecular flexibility index (Phi) is 4.42. The van der Waals surface area contributed by atoms with E-state index >= 15 is 0 Å². The lowest BCUT2D eigenvalue weighted by Gasteiger charge is -2.12. The molecule has 0 saturated carbocycles. The lowest BCUT2D eigenvalue weighted by atomic mass is 10.1. The quantitative estimate of drug-likeness (QED) is 0.541.